The molecule has 1 aromatic rings. The molecule has 1 aromatic carbocycles. The van der Waals surface area contributed by atoms with E-state index in [9.17, 15) is 4.79 Å². The summed E-state index contributed by atoms with van der Waals surface area (Å²) in [6.07, 6.45) is 0. The van der Waals surface area contributed by atoms with Crippen LogP contribution in [0, 0.1) is 0 Å². The second kappa shape index (κ2) is 5.68. The highest BCUT2D eigenvalue weighted by Gasteiger charge is 2.22. The molecule has 6 heteroatoms. The standard InChI is InChI=1S/C14H19N3O3/c15-11-7-12(16-1-4-19-5-2-16)9-13(8-11)17-3-6-20-10-14(17)18/h7-9H,1-6,10,15H2. The monoisotopic (exact) mass is 277 g/mol. The molecule has 3 rings (SSSR count). The SMILES string of the molecule is Nc1cc(N2CCOCC2)cc(N2CCOCC2=O)c1. The number of hydrogen-bond donors (Lipinski definition) is 1. The summed E-state index contributed by atoms with van der Waals surface area (Å²) in [5, 5.41) is 0. The molecular weight excluding hydrogens is 258 g/mol. The van der Waals surface area contributed by atoms with Crippen LogP contribution in [0.25, 0.3) is 0 Å². The minimum absolute atomic E-state index is 0.0187. The molecule has 0 unspecified atom stereocenters. The van der Waals surface area contributed by atoms with E-state index in [0.29, 0.717) is 18.8 Å². The lowest BCUT2D eigenvalue weighted by Gasteiger charge is -2.31. The Kier molecular flexibility index (Phi) is 3.75. The molecule has 6 nitrogen and oxygen atoms in total. The summed E-state index contributed by atoms with van der Waals surface area (Å²) < 4.78 is 10.5. The minimum Gasteiger partial charge on any atom is -0.399 e. The van der Waals surface area contributed by atoms with Crippen molar-refractivity contribution in [3.63, 3.8) is 0 Å². The molecule has 2 aliphatic heterocycles. The smallest absolute Gasteiger partial charge is 0.253 e. The summed E-state index contributed by atoms with van der Waals surface area (Å²) in [6.45, 7) is 4.42. The van der Waals surface area contributed by atoms with Crippen LogP contribution in [0.15, 0.2) is 18.2 Å². The second-order valence-electron chi connectivity index (χ2n) is 4.98. The molecule has 2 fully saturated rings. The molecule has 0 bridgehead atoms. The zero-order valence-corrected chi connectivity index (χ0v) is 11.4. The Bertz CT molecular complexity index is 500. The normalized spacial score (nSPS) is 20.3. The van der Waals surface area contributed by atoms with Crippen LogP contribution in [0.2, 0.25) is 0 Å². The highest BCUT2D eigenvalue weighted by atomic mass is 16.5. The van der Waals surface area contributed by atoms with E-state index >= 15 is 0 Å². The highest BCUT2D eigenvalue weighted by molar-refractivity contribution is 5.95. The first-order valence-corrected chi connectivity index (χ1v) is 6.85. The van der Waals surface area contributed by atoms with E-state index in [4.69, 9.17) is 15.2 Å². The van der Waals surface area contributed by atoms with Crippen molar-refractivity contribution < 1.29 is 14.3 Å². The van der Waals surface area contributed by atoms with Crippen molar-refractivity contribution in [3.05, 3.63) is 18.2 Å². The van der Waals surface area contributed by atoms with Crippen molar-refractivity contribution in [2.45, 2.75) is 0 Å². The molecule has 2 aliphatic rings. The first kappa shape index (κ1) is 13.2. The van der Waals surface area contributed by atoms with Gasteiger partial charge in [-0.1, -0.05) is 0 Å². The summed E-state index contributed by atoms with van der Waals surface area (Å²) in [4.78, 5) is 15.9. The van der Waals surface area contributed by atoms with Gasteiger partial charge in [0.15, 0.2) is 0 Å². The van der Waals surface area contributed by atoms with Crippen LogP contribution in [0.1, 0.15) is 0 Å². The van der Waals surface area contributed by atoms with Crippen molar-refractivity contribution >= 4 is 23.0 Å². The number of benzene rings is 1. The van der Waals surface area contributed by atoms with Crippen LogP contribution in [0.3, 0.4) is 0 Å². The second-order valence-corrected chi connectivity index (χ2v) is 4.98. The molecule has 108 valence electrons. The van der Waals surface area contributed by atoms with E-state index < -0.39 is 0 Å². The van der Waals surface area contributed by atoms with E-state index in [2.05, 4.69) is 4.90 Å². The molecule has 0 saturated carbocycles. The van der Waals surface area contributed by atoms with Gasteiger partial charge >= 0.3 is 0 Å². The molecular formula is C14H19N3O3. The predicted molar refractivity (Wildman–Crippen MR) is 77.1 cm³/mol. The van der Waals surface area contributed by atoms with Gasteiger partial charge in [-0.3, -0.25) is 4.79 Å². The van der Waals surface area contributed by atoms with Crippen LogP contribution in [-0.2, 0) is 14.3 Å². The van der Waals surface area contributed by atoms with E-state index in [1.54, 1.807) is 4.90 Å². The molecule has 1 amide bonds. The van der Waals surface area contributed by atoms with Gasteiger partial charge < -0.3 is 25.0 Å². The predicted octanol–water partition coefficient (Wildman–Crippen LogP) is 0.469. The van der Waals surface area contributed by atoms with Crippen molar-refractivity contribution in [1.29, 1.82) is 0 Å². The molecule has 2 saturated heterocycles. The van der Waals surface area contributed by atoms with Gasteiger partial charge in [-0.2, -0.15) is 0 Å². The Morgan fingerprint density at radius 1 is 0.950 bits per heavy atom. The number of nitrogens with zero attached hydrogens (tertiary/aromatic N) is 2. The molecule has 0 spiro atoms. The van der Waals surface area contributed by atoms with Crippen molar-refractivity contribution in [2.24, 2.45) is 0 Å². The molecule has 0 aliphatic carbocycles. The maximum atomic E-state index is 11.9. The Morgan fingerprint density at radius 2 is 1.65 bits per heavy atom. The average molecular weight is 277 g/mol. The summed E-state index contributed by atoms with van der Waals surface area (Å²) in [7, 11) is 0. The number of carbonyl (C=O) groups excluding carboxylic acids is 1. The van der Waals surface area contributed by atoms with Crippen LogP contribution in [0.4, 0.5) is 17.1 Å². The first-order valence-electron chi connectivity index (χ1n) is 6.85. The van der Waals surface area contributed by atoms with Crippen molar-refractivity contribution in [2.75, 3.05) is 61.6 Å². The first-order chi connectivity index (χ1) is 9.74. The van der Waals surface area contributed by atoms with Gasteiger partial charge in [0.25, 0.3) is 5.91 Å². The number of nitrogen functional groups attached to an aromatic ring is 1. The number of rotatable bonds is 2. The van der Waals surface area contributed by atoms with Crippen molar-refractivity contribution in [3.8, 4) is 0 Å². The van der Waals surface area contributed by atoms with Crippen LogP contribution < -0.4 is 15.5 Å². The molecule has 2 heterocycles. The van der Waals surface area contributed by atoms with E-state index in [0.717, 1.165) is 37.7 Å². The number of morpholine rings is 2. The zero-order valence-electron chi connectivity index (χ0n) is 11.4. The van der Waals surface area contributed by atoms with Gasteiger partial charge in [0, 0.05) is 36.7 Å². The Morgan fingerprint density at radius 3 is 2.40 bits per heavy atom. The van der Waals surface area contributed by atoms with Gasteiger partial charge in [-0.15, -0.1) is 0 Å². The third kappa shape index (κ3) is 2.71. The Hall–Kier alpha value is -1.79. The lowest BCUT2D eigenvalue weighted by atomic mass is 10.2. The minimum atomic E-state index is -0.0187. The maximum absolute atomic E-state index is 11.9. The summed E-state index contributed by atoms with van der Waals surface area (Å²) >= 11 is 0. The van der Waals surface area contributed by atoms with Gasteiger partial charge in [-0.25, -0.2) is 0 Å². The fourth-order valence-corrected chi connectivity index (χ4v) is 2.57. The fraction of sp³-hybridized carbons (Fsp3) is 0.500. The fourth-order valence-electron chi connectivity index (χ4n) is 2.57. The lowest BCUT2D eigenvalue weighted by Crippen LogP contribution is -2.42. The van der Waals surface area contributed by atoms with Gasteiger partial charge in [0.2, 0.25) is 0 Å². The third-order valence-corrected chi connectivity index (χ3v) is 3.60. The topological polar surface area (TPSA) is 68.0 Å². The molecule has 2 N–H and O–H groups in total. The van der Waals surface area contributed by atoms with E-state index in [1.807, 2.05) is 18.2 Å². The van der Waals surface area contributed by atoms with Gasteiger partial charge in [0.1, 0.15) is 6.61 Å². The molecule has 0 atom stereocenters. The van der Waals surface area contributed by atoms with Crippen LogP contribution in [-0.4, -0.2) is 52.0 Å². The molecule has 20 heavy (non-hydrogen) atoms. The highest BCUT2D eigenvalue weighted by Crippen LogP contribution is 2.28. The number of hydrogen-bond acceptors (Lipinski definition) is 5. The third-order valence-electron chi connectivity index (χ3n) is 3.60. The van der Waals surface area contributed by atoms with Gasteiger partial charge in [0.05, 0.1) is 19.8 Å². The van der Waals surface area contributed by atoms with E-state index in [-0.39, 0.29) is 12.5 Å². The Balaban J connectivity index is 1.87. The quantitative estimate of drug-likeness (QED) is 0.796. The van der Waals surface area contributed by atoms with E-state index in [1.165, 1.54) is 0 Å². The zero-order chi connectivity index (χ0) is 13.9. The summed E-state index contributed by atoms with van der Waals surface area (Å²) in [5.41, 5.74) is 8.55. The molecule has 0 aromatic heterocycles. The summed E-state index contributed by atoms with van der Waals surface area (Å²) in [5.74, 6) is -0.0187. The summed E-state index contributed by atoms with van der Waals surface area (Å²) in [6, 6.07) is 5.80. The largest absolute Gasteiger partial charge is 0.399 e. The molecule has 0 radical (unpaired) electrons. The average Bonchev–Trinajstić information content (AvgIpc) is 2.48. The number of ether oxygens (including phenoxy) is 2. The number of anilines is 3. The van der Waals surface area contributed by atoms with Crippen LogP contribution >= 0.6 is 0 Å². The number of amides is 1. The van der Waals surface area contributed by atoms with Crippen molar-refractivity contribution in [1.82, 2.24) is 0 Å². The lowest BCUT2D eigenvalue weighted by molar-refractivity contribution is -0.125. The Labute approximate surface area is 118 Å². The number of nitrogens with two attached hydrogens (primary N) is 1. The maximum Gasteiger partial charge on any atom is 0.253 e. The van der Waals surface area contributed by atoms with Gasteiger partial charge in [-0.05, 0) is 18.2 Å². The number of carbonyl (C=O) groups is 1. The van der Waals surface area contributed by atoms with Crippen LogP contribution in [0.5, 0.6) is 0 Å².